The van der Waals surface area contributed by atoms with Crippen molar-refractivity contribution in [2.45, 2.75) is 17.8 Å². The molecule has 12 heteroatoms. The number of fused-ring (bicyclic) bond motifs is 2. The number of furan rings is 2. The van der Waals surface area contributed by atoms with Crippen molar-refractivity contribution in [1.29, 1.82) is 0 Å². The number of hydrogen-bond acceptors (Lipinski definition) is 6. The van der Waals surface area contributed by atoms with Crippen LogP contribution in [0.3, 0.4) is 0 Å². The average Bonchev–Trinajstić information content (AvgIpc) is 3.70. The van der Waals surface area contributed by atoms with E-state index in [0.29, 0.717) is 11.5 Å². The van der Waals surface area contributed by atoms with E-state index < -0.39 is 40.0 Å². The van der Waals surface area contributed by atoms with E-state index in [4.69, 9.17) is 27.8 Å². The van der Waals surface area contributed by atoms with Crippen LogP contribution < -0.4 is 18.9 Å². The molecule has 7 rings (SSSR count). The molecule has 0 radical (unpaired) electrons. The van der Waals surface area contributed by atoms with Crippen LogP contribution in [-0.2, 0) is 0 Å². The Morgan fingerprint density at radius 1 is 0.449 bits per heavy atom. The third-order valence-electron chi connectivity index (χ3n) is 8.67. The molecule has 0 saturated carbocycles. The molecule has 0 spiro atoms. The van der Waals surface area contributed by atoms with E-state index in [1.54, 1.807) is 0 Å². The van der Waals surface area contributed by atoms with Crippen molar-refractivity contribution in [3.05, 3.63) is 96.1 Å². The molecule has 0 aliphatic heterocycles. The number of methoxy groups -OCH3 is 4. The predicted molar refractivity (Wildman–Crippen MR) is 171 cm³/mol. The molecule has 6 nitrogen and oxygen atoms in total. The van der Waals surface area contributed by atoms with Crippen molar-refractivity contribution in [2.24, 2.45) is 0 Å². The highest BCUT2D eigenvalue weighted by molar-refractivity contribution is 6.15. The lowest BCUT2D eigenvalue weighted by Crippen LogP contribution is -2.48. The molecule has 0 saturated heterocycles. The van der Waals surface area contributed by atoms with Crippen LogP contribution in [-0.4, -0.2) is 46.2 Å². The molecule has 0 fully saturated rings. The first-order valence-corrected chi connectivity index (χ1v) is 14.8. The van der Waals surface area contributed by atoms with Crippen LogP contribution in [0, 0.1) is 0 Å². The summed E-state index contributed by atoms with van der Waals surface area (Å²) in [6, 6.07) is 19.9. The van der Waals surface area contributed by atoms with Gasteiger partial charge in [0.05, 0.1) is 28.4 Å². The highest BCUT2D eigenvalue weighted by Gasteiger charge is 2.81. The van der Waals surface area contributed by atoms with Gasteiger partial charge in [0.2, 0.25) is 0 Å². The van der Waals surface area contributed by atoms with Crippen LogP contribution in [0.5, 0.6) is 23.0 Å². The zero-order valence-corrected chi connectivity index (χ0v) is 26.3. The molecule has 1 aliphatic carbocycles. The Morgan fingerprint density at radius 2 is 0.776 bits per heavy atom. The summed E-state index contributed by atoms with van der Waals surface area (Å²) in [7, 11) is 5.56. The molecule has 0 atom stereocenters. The summed E-state index contributed by atoms with van der Waals surface area (Å²) >= 11 is 0. The summed E-state index contributed by atoms with van der Waals surface area (Å²) < 4.78 is 131. The van der Waals surface area contributed by atoms with Gasteiger partial charge in [-0.25, -0.2) is 0 Å². The van der Waals surface area contributed by atoms with Gasteiger partial charge in [-0.3, -0.25) is 0 Å². The van der Waals surface area contributed by atoms with E-state index in [1.165, 1.54) is 113 Å². The van der Waals surface area contributed by atoms with E-state index in [-0.39, 0.29) is 56.1 Å². The summed E-state index contributed by atoms with van der Waals surface area (Å²) in [5.74, 6) is -16.0. The van der Waals surface area contributed by atoms with E-state index in [9.17, 15) is 0 Å². The smallest absolute Gasteiger partial charge is 0.380 e. The fourth-order valence-electron chi connectivity index (χ4n) is 6.18. The van der Waals surface area contributed by atoms with Crippen LogP contribution in [0.1, 0.15) is 11.1 Å². The molecule has 0 amide bonds. The van der Waals surface area contributed by atoms with Gasteiger partial charge in [0.25, 0.3) is 0 Å². The summed E-state index contributed by atoms with van der Waals surface area (Å²) in [5.41, 5.74) is -4.31. The van der Waals surface area contributed by atoms with Crippen molar-refractivity contribution in [3.8, 4) is 45.6 Å². The summed E-state index contributed by atoms with van der Waals surface area (Å²) in [5, 5.41) is -0.236. The number of hydrogen-bond donors (Lipinski definition) is 0. The lowest BCUT2D eigenvalue weighted by molar-refractivity contribution is -0.254. The predicted octanol–water partition coefficient (Wildman–Crippen LogP) is 10.4. The Morgan fingerprint density at radius 3 is 1.10 bits per heavy atom. The Balaban J connectivity index is 1.66. The normalized spacial score (nSPS) is 16.4. The second-order valence-corrected chi connectivity index (χ2v) is 11.3. The zero-order valence-electron chi connectivity index (χ0n) is 26.3. The summed E-state index contributed by atoms with van der Waals surface area (Å²) in [6.07, 6.45) is 0. The molecule has 0 unspecified atom stereocenters. The molecule has 0 N–H and O–H groups in total. The van der Waals surface area contributed by atoms with E-state index >= 15 is 26.3 Å². The quantitative estimate of drug-likeness (QED) is 0.149. The summed E-state index contributed by atoms with van der Waals surface area (Å²) in [6.45, 7) is 0. The summed E-state index contributed by atoms with van der Waals surface area (Å²) in [4.78, 5) is 0. The maximum absolute atomic E-state index is 16.5. The van der Waals surface area contributed by atoms with Crippen molar-refractivity contribution in [2.75, 3.05) is 28.4 Å². The van der Waals surface area contributed by atoms with Gasteiger partial charge in [0.1, 0.15) is 45.7 Å². The molecular formula is C37H26F6O6. The lowest BCUT2D eigenvalue weighted by atomic mass is 9.89. The fourth-order valence-corrected chi connectivity index (χ4v) is 6.18. The van der Waals surface area contributed by atoms with Gasteiger partial charge in [-0.1, -0.05) is 0 Å². The number of rotatable bonds is 8. The first-order valence-electron chi connectivity index (χ1n) is 14.8. The number of benzene rings is 4. The minimum atomic E-state index is -5.87. The van der Waals surface area contributed by atoms with Crippen LogP contribution in [0.2, 0.25) is 0 Å². The van der Waals surface area contributed by atoms with Gasteiger partial charge in [-0.15, -0.1) is 0 Å². The number of halogens is 6. The number of ether oxygens (including phenoxy) is 4. The van der Waals surface area contributed by atoms with Gasteiger partial charge in [0, 0.05) is 56.3 Å². The molecule has 6 aromatic rings. The second kappa shape index (κ2) is 11.3. The molecule has 4 aromatic carbocycles. The molecule has 2 aromatic heterocycles. The Labute approximate surface area is 275 Å². The maximum Gasteiger partial charge on any atom is 0.380 e. The Kier molecular flexibility index (Phi) is 7.38. The molecule has 49 heavy (non-hydrogen) atoms. The molecular weight excluding hydrogens is 654 g/mol. The van der Waals surface area contributed by atoms with Crippen molar-refractivity contribution in [1.82, 2.24) is 0 Å². The van der Waals surface area contributed by atoms with Crippen molar-refractivity contribution in [3.63, 3.8) is 0 Å². The average molecular weight is 681 g/mol. The maximum atomic E-state index is 16.5. The molecule has 252 valence electrons. The topological polar surface area (TPSA) is 63.2 Å². The Bertz CT molecular complexity index is 2090. The molecule has 1 aliphatic rings. The van der Waals surface area contributed by atoms with Crippen LogP contribution >= 0.6 is 0 Å². The van der Waals surface area contributed by atoms with Crippen LogP contribution in [0.4, 0.5) is 26.3 Å². The van der Waals surface area contributed by atoms with Gasteiger partial charge >= 0.3 is 17.8 Å². The monoisotopic (exact) mass is 680 g/mol. The standard InChI is InChI=1S/C37H26F6O6/c1-44-21-9-5-19(6-10-21)33-29(25-15-13-23(46-3)17-27(25)48-33)31-32(36(40,41)37(42,43)35(31,38)39)30-26-16-14-24(47-4)18-28(26)49-34(30)20-7-11-22(45-2)12-8-20/h5-18H,1-4H3. The molecule has 0 bridgehead atoms. The minimum Gasteiger partial charge on any atom is -0.497 e. The van der Waals surface area contributed by atoms with Gasteiger partial charge in [-0.2, -0.15) is 26.3 Å². The SMILES string of the molecule is COc1ccc(-c2oc3cc(OC)ccc3c2C2=C(c3c(-c4ccc(OC)cc4)oc4cc(OC)ccc34)C(F)(F)C(F)(F)C2(F)F)cc1. The highest BCUT2D eigenvalue weighted by atomic mass is 19.3. The van der Waals surface area contributed by atoms with Gasteiger partial charge in [0.15, 0.2) is 0 Å². The van der Waals surface area contributed by atoms with Crippen LogP contribution in [0.25, 0.3) is 55.7 Å². The Hall–Kier alpha value is -5.52. The van der Waals surface area contributed by atoms with E-state index in [0.717, 1.165) is 0 Å². The third kappa shape index (κ3) is 4.64. The first kappa shape index (κ1) is 32.0. The second-order valence-electron chi connectivity index (χ2n) is 11.3. The third-order valence-corrected chi connectivity index (χ3v) is 8.67. The fraction of sp³-hybridized carbons (Fsp3) is 0.189. The lowest BCUT2D eigenvalue weighted by Gasteiger charge is -2.26. The zero-order chi connectivity index (χ0) is 34.9. The van der Waals surface area contributed by atoms with Crippen molar-refractivity contribution < 1.29 is 54.1 Å². The van der Waals surface area contributed by atoms with Gasteiger partial charge in [-0.05, 0) is 72.8 Å². The highest BCUT2D eigenvalue weighted by Crippen LogP contribution is 2.67. The minimum absolute atomic E-state index is 0.0569. The number of allylic oxidation sites excluding steroid dienone is 2. The van der Waals surface area contributed by atoms with Crippen LogP contribution in [0.15, 0.2) is 93.8 Å². The largest absolute Gasteiger partial charge is 0.497 e. The first-order chi connectivity index (χ1) is 23.4. The van der Waals surface area contributed by atoms with E-state index in [1.807, 2.05) is 0 Å². The number of alkyl halides is 6. The molecule has 2 heterocycles. The van der Waals surface area contributed by atoms with E-state index in [2.05, 4.69) is 0 Å². The van der Waals surface area contributed by atoms with Gasteiger partial charge < -0.3 is 27.8 Å². The van der Waals surface area contributed by atoms with Crippen molar-refractivity contribution >= 4 is 33.1 Å².